The normalized spacial score (nSPS) is 21.3. The minimum atomic E-state index is -0.537. The predicted molar refractivity (Wildman–Crippen MR) is 96.4 cm³/mol. The standard InChI is InChI=1S/C16H22N4O4S/c1-24-16(23)12-10-25-15(18-12)14-13(22)8-11(9-17-14)20-4-2-19(3-5-20)6-7-21/h8-9,12,21-22H,2-7,10H2,1H3/t12-/m1/s1. The van der Waals surface area contributed by atoms with Crippen molar-refractivity contribution in [2.75, 3.05) is 57.1 Å². The Bertz CT molecular complexity index is 662. The topological polar surface area (TPSA) is 98.5 Å². The number of pyridine rings is 1. The molecule has 0 aromatic carbocycles. The van der Waals surface area contributed by atoms with E-state index in [9.17, 15) is 9.90 Å². The Balaban J connectivity index is 1.69. The second-order valence-electron chi connectivity index (χ2n) is 5.90. The number of aliphatic hydroxyl groups excluding tert-OH is 1. The minimum absolute atomic E-state index is 0.0621. The highest BCUT2D eigenvalue weighted by atomic mass is 32.2. The lowest BCUT2D eigenvalue weighted by Gasteiger charge is -2.35. The van der Waals surface area contributed by atoms with Crippen LogP contribution in [0.1, 0.15) is 5.69 Å². The fourth-order valence-electron chi connectivity index (χ4n) is 2.91. The maximum absolute atomic E-state index is 11.6. The summed E-state index contributed by atoms with van der Waals surface area (Å²) in [6.45, 7) is 4.23. The molecule has 9 heteroatoms. The minimum Gasteiger partial charge on any atom is -0.506 e. The number of carbonyl (C=O) groups is 1. The zero-order valence-corrected chi connectivity index (χ0v) is 14.9. The van der Waals surface area contributed by atoms with Gasteiger partial charge in [0.05, 0.1) is 25.6 Å². The summed E-state index contributed by atoms with van der Waals surface area (Å²) in [6, 6.07) is 1.16. The number of aliphatic hydroxyl groups is 1. The van der Waals surface area contributed by atoms with Gasteiger partial charge in [0.25, 0.3) is 0 Å². The van der Waals surface area contributed by atoms with E-state index in [1.54, 1.807) is 12.3 Å². The van der Waals surface area contributed by atoms with Crippen LogP contribution in [0.4, 0.5) is 5.69 Å². The summed E-state index contributed by atoms with van der Waals surface area (Å²) in [5.41, 5.74) is 1.26. The first-order valence-electron chi connectivity index (χ1n) is 8.18. The van der Waals surface area contributed by atoms with E-state index < -0.39 is 6.04 Å². The number of piperazine rings is 1. The number of anilines is 1. The lowest BCUT2D eigenvalue weighted by atomic mass is 10.2. The van der Waals surface area contributed by atoms with Crippen LogP contribution in [0.5, 0.6) is 5.75 Å². The van der Waals surface area contributed by atoms with E-state index in [0.29, 0.717) is 23.0 Å². The number of rotatable bonds is 5. The molecule has 0 radical (unpaired) electrons. The third-order valence-corrected chi connectivity index (χ3v) is 5.39. The van der Waals surface area contributed by atoms with Crippen molar-refractivity contribution in [3.05, 3.63) is 18.0 Å². The molecule has 0 saturated carbocycles. The summed E-state index contributed by atoms with van der Waals surface area (Å²) in [5.74, 6) is 0.184. The highest BCUT2D eigenvalue weighted by Crippen LogP contribution is 2.30. The number of hydrogen-bond donors (Lipinski definition) is 2. The fraction of sp³-hybridized carbons (Fsp3) is 0.562. The van der Waals surface area contributed by atoms with Crippen LogP contribution < -0.4 is 4.90 Å². The molecule has 1 fully saturated rings. The smallest absolute Gasteiger partial charge is 0.331 e. The van der Waals surface area contributed by atoms with E-state index in [1.165, 1.54) is 18.9 Å². The molecule has 136 valence electrons. The Labute approximate surface area is 150 Å². The van der Waals surface area contributed by atoms with Gasteiger partial charge in [-0.25, -0.2) is 9.78 Å². The number of hydrogen-bond acceptors (Lipinski definition) is 9. The van der Waals surface area contributed by atoms with Gasteiger partial charge in [0.15, 0.2) is 6.04 Å². The predicted octanol–water partition coefficient (Wildman–Crippen LogP) is -0.0635. The Kier molecular flexibility index (Phi) is 5.77. The monoisotopic (exact) mass is 366 g/mol. The molecule has 2 N–H and O–H groups in total. The Morgan fingerprint density at radius 2 is 2.16 bits per heavy atom. The van der Waals surface area contributed by atoms with Gasteiger partial charge in [0.2, 0.25) is 0 Å². The first-order valence-corrected chi connectivity index (χ1v) is 9.17. The zero-order valence-electron chi connectivity index (χ0n) is 14.1. The van der Waals surface area contributed by atoms with Gasteiger partial charge >= 0.3 is 5.97 Å². The van der Waals surface area contributed by atoms with Crippen LogP contribution in [0.15, 0.2) is 17.3 Å². The lowest BCUT2D eigenvalue weighted by Crippen LogP contribution is -2.47. The number of aromatic nitrogens is 1. The molecule has 1 aromatic rings. The van der Waals surface area contributed by atoms with Gasteiger partial charge in [-0.1, -0.05) is 0 Å². The Morgan fingerprint density at radius 1 is 1.40 bits per heavy atom. The van der Waals surface area contributed by atoms with Gasteiger partial charge < -0.3 is 19.8 Å². The van der Waals surface area contributed by atoms with Crippen LogP contribution in [0.2, 0.25) is 0 Å². The van der Waals surface area contributed by atoms with Crippen LogP contribution >= 0.6 is 11.8 Å². The van der Waals surface area contributed by atoms with Gasteiger partial charge in [0.1, 0.15) is 16.5 Å². The molecule has 3 heterocycles. The third kappa shape index (κ3) is 4.05. The van der Waals surface area contributed by atoms with E-state index in [1.807, 2.05) is 0 Å². The maximum atomic E-state index is 11.6. The van der Waals surface area contributed by atoms with Gasteiger partial charge in [-0.2, -0.15) is 0 Å². The quantitative estimate of drug-likeness (QED) is 0.699. The SMILES string of the molecule is COC(=O)[C@H]1CSC(c2ncc(N3CCN(CCO)CC3)cc2O)=N1. The molecule has 0 spiro atoms. The molecular formula is C16H22N4O4S. The zero-order chi connectivity index (χ0) is 17.8. The highest BCUT2D eigenvalue weighted by molar-refractivity contribution is 8.14. The van der Waals surface area contributed by atoms with Gasteiger partial charge in [-0.15, -0.1) is 11.8 Å². The number of carbonyl (C=O) groups excluding carboxylic acids is 1. The molecule has 2 aliphatic rings. The number of thioether (sulfide) groups is 1. The number of aliphatic imine (C=N–C) groups is 1. The number of ether oxygens (including phenoxy) is 1. The molecule has 0 amide bonds. The summed E-state index contributed by atoms with van der Waals surface area (Å²) < 4.78 is 4.70. The summed E-state index contributed by atoms with van der Waals surface area (Å²) in [6.07, 6.45) is 1.73. The second-order valence-corrected chi connectivity index (χ2v) is 6.91. The van der Waals surface area contributed by atoms with Crippen molar-refractivity contribution in [3.8, 4) is 5.75 Å². The summed E-state index contributed by atoms with van der Waals surface area (Å²) in [5, 5.41) is 19.9. The van der Waals surface area contributed by atoms with Crippen molar-refractivity contribution in [3.63, 3.8) is 0 Å². The van der Waals surface area contributed by atoms with Crippen molar-refractivity contribution in [2.24, 2.45) is 4.99 Å². The van der Waals surface area contributed by atoms with Crippen LogP contribution in [-0.2, 0) is 9.53 Å². The Hall–Kier alpha value is -1.84. The van der Waals surface area contributed by atoms with Gasteiger partial charge in [-0.05, 0) is 0 Å². The molecule has 3 rings (SSSR count). The molecule has 1 aromatic heterocycles. The molecule has 8 nitrogen and oxygen atoms in total. The number of nitrogens with zero attached hydrogens (tertiary/aromatic N) is 4. The van der Waals surface area contributed by atoms with E-state index in [2.05, 4.69) is 19.8 Å². The van der Waals surface area contributed by atoms with Crippen LogP contribution in [0.25, 0.3) is 0 Å². The number of methoxy groups -OCH3 is 1. The van der Waals surface area contributed by atoms with E-state index in [4.69, 9.17) is 9.84 Å². The number of esters is 1. The molecule has 0 bridgehead atoms. The number of β-amino-alcohol motifs (C(OH)–C–C–N with tert-alkyl or cyclic N) is 1. The fourth-order valence-corrected chi connectivity index (χ4v) is 3.93. The largest absolute Gasteiger partial charge is 0.506 e. The van der Waals surface area contributed by atoms with Crippen LogP contribution in [-0.4, -0.2) is 89.3 Å². The average Bonchev–Trinajstić information content (AvgIpc) is 3.11. The molecule has 0 unspecified atom stereocenters. The van der Waals surface area contributed by atoms with Crippen molar-refractivity contribution < 1.29 is 19.7 Å². The second kappa shape index (κ2) is 8.03. The summed E-state index contributed by atoms with van der Waals surface area (Å²) in [7, 11) is 1.34. The summed E-state index contributed by atoms with van der Waals surface area (Å²) in [4.78, 5) is 24.6. The van der Waals surface area contributed by atoms with Crippen LogP contribution in [0, 0.1) is 0 Å². The number of aromatic hydroxyl groups is 1. The van der Waals surface area contributed by atoms with E-state index in [0.717, 1.165) is 31.9 Å². The molecule has 0 aliphatic carbocycles. The molecule has 2 aliphatic heterocycles. The average molecular weight is 366 g/mol. The molecule has 25 heavy (non-hydrogen) atoms. The maximum Gasteiger partial charge on any atom is 0.331 e. The van der Waals surface area contributed by atoms with Gasteiger partial charge in [0, 0.05) is 44.5 Å². The molecule has 1 atom stereocenters. The van der Waals surface area contributed by atoms with E-state index in [-0.39, 0.29) is 18.3 Å². The molecule has 1 saturated heterocycles. The van der Waals surface area contributed by atoms with Crippen LogP contribution in [0.3, 0.4) is 0 Å². The van der Waals surface area contributed by atoms with Crippen molar-refractivity contribution in [1.29, 1.82) is 0 Å². The third-order valence-electron chi connectivity index (χ3n) is 4.33. The van der Waals surface area contributed by atoms with Crippen molar-refractivity contribution in [1.82, 2.24) is 9.88 Å². The lowest BCUT2D eigenvalue weighted by molar-refractivity contribution is -0.141. The van der Waals surface area contributed by atoms with E-state index >= 15 is 0 Å². The highest BCUT2D eigenvalue weighted by Gasteiger charge is 2.28. The van der Waals surface area contributed by atoms with Crippen molar-refractivity contribution >= 4 is 28.5 Å². The van der Waals surface area contributed by atoms with Gasteiger partial charge in [-0.3, -0.25) is 9.89 Å². The summed E-state index contributed by atoms with van der Waals surface area (Å²) >= 11 is 1.39. The molecular weight excluding hydrogens is 344 g/mol. The first kappa shape index (κ1) is 18.0. The first-order chi connectivity index (χ1) is 12.1. The van der Waals surface area contributed by atoms with Crippen molar-refractivity contribution in [2.45, 2.75) is 6.04 Å². The Morgan fingerprint density at radius 3 is 2.80 bits per heavy atom.